The van der Waals surface area contributed by atoms with Gasteiger partial charge in [-0.05, 0) is 53.5 Å². The molecule has 0 spiro atoms. The summed E-state index contributed by atoms with van der Waals surface area (Å²) in [5.41, 5.74) is 0.904. The minimum absolute atomic E-state index is 0.246. The maximum atomic E-state index is 13.1. The smallest absolute Gasteiger partial charge is 0.137 e. The van der Waals surface area contributed by atoms with Crippen LogP contribution in [-0.4, -0.2) is 17.8 Å². The van der Waals surface area contributed by atoms with Gasteiger partial charge < -0.3 is 10.4 Å². The van der Waals surface area contributed by atoms with Gasteiger partial charge in [-0.1, -0.05) is 6.07 Å². The molecule has 2 N–H and O–H groups in total. The third-order valence-electron chi connectivity index (χ3n) is 2.05. The largest absolute Gasteiger partial charge is 0.393 e. The van der Waals surface area contributed by atoms with Crippen molar-refractivity contribution < 1.29 is 9.50 Å². The highest BCUT2D eigenvalue weighted by atomic mass is 79.9. The minimum atomic E-state index is -0.292. The number of hydrogen-bond donors (Lipinski definition) is 2. The highest BCUT2D eigenvalue weighted by molar-refractivity contribution is 9.10. The van der Waals surface area contributed by atoms with Crippen molar-refractivity contribution in [2.24, 2.45) is 0 Å². The fraction of sp³-hybridized carbons (Fsp3) is 0.455. The molecule has 0 aliphatic rings. The van der Waals surface area contributed by atoms with Gasteiger partial charge in [0.15, 0.2) is 0 Å². The van der Waals surface area contributed by atoms with E-state index in [1.54, 1.807) is 13.0 Å². The van der Waals surface area contributed by atoms with Crippen molar-refractivity contribution in [1.29, 1.82) is 0 Å². The van der Waals surface area contributed by atoms with Crippen LogP contribution in [0.2, 0.25) is 0 Å². The molecule has 2 nitrogen and oxygen atoms in total. The second kappa shape index (κ2) is 6.20. The van der Waals surface area contributed by atoms with E-state index in [2.05, 4.69) is 21.2 Å². The molecule has 0 saturated heterocycles. The highest BCUT2D eigenvalue weighted by Crippen LogP contribution is 2.16. The summed E-state index contributed by atoms with van der Waals surface area (Å²) in [7, 11) is 0. The summed E-state index contributed by atoms with van der Waals surface area (Å²) in [5, 5.41) is 12.2. The fourth-order valence-electron chi connectivity index (χ4n) is 1.19. The Balaban J connectivity index is 2.35. The third kappa shape index (κ3) is 4.73. The first-order valence-corrected chi connectivity index (χ1v) is 5.71. The predicted molar refractivity (Wildman–Crippen MR) is 62.1 cm³/mol. The van der Waals surface area contributed by atoms with Crippen LogP contribution in [0.25, 0.3) is 0 Å². The average molecular weight is 276 g/mol. The molecule has 0 aromatic heterocycles. The Morgan fingerprint density at radius 3 is 2.87 bits per heavy atom. The van der Waals surface area contributed by atoms with Gasteiger partial charge in [0, 0.05) is 6.54 Å². The number of hydrogen-bond acceptors (Lipinski definition) is 2. The van der Waals surface area contributed by atoms with Crippen LogP contribution in [0.15, 0.2) is 22.7 Å². The predicted octanol–water partition coefficient (Wildman–Crippen LogP) is 2.45. The molecule has 1 aromatic rings. The Hall–Kier alpha value is -0.450. The number of nitrogens with one attached hydrogen (secondary N) is 1. The Morgan fingerprint density at radius 1 is 1.53 bits per heavy atom. The second-order valence-corrected chi connectivity index (χ2v) is 4.42. The molecule has 4 heteroatoms. The Morgan fingerprint density at radius 2 is 2.27 bits per heavy atom. The number of aliphatic hydroxyl groups excluding tert-OH is 1. The monoisotopic (exact) mass is 275 g/mol. The maximum Gasteiger partial charge on any atom is 0.137 e. The summed E-state index contributed by atoms with van der Waals surface area (Å²) >= 11 is 3.10. The van der Waals surface area contributed by atoms with Gasteiger partial charge in [0.1, 0.15) is 5.82 Å². The lowest BCUT2D eigenvalue weighted by molar-refractivity contribution is 0.183. The highest BCUT2D eigenvalue weighted by Gasteiger charge is 2.00. The van der Waals surface area contributed by atoms with E-state index in [9.17, 15) is 4.39 Å². The van der Waals surface area contributed by atoms with E-state index in [1.165, 1.54) is 6.07 Å². The van der Waals surface area contributed by atoms with Crippen LogP contribution >= 0.6 is 15.9 Å². The van der Waals surface area contributed by atoms with Gasteiger partial charge in [-0.3, -0.25) is 0 Å². The van der Waals surface area contributed by atoms with E-state index in [1.807, 2.05) is 6.07 Å². The first kappa shape index (κ1) is 12.6. The van der Waals surface area contributed by atoms with E-state index in [4.69, 9.17) is 5.11 Å². The molecule has 84 valence electrons. The molecule has 1 rings (SSSR count). The number of aliphatic hydroxyl groups is 1. The van der Waals surface area contributed by atoms with Gasteiger partial charge in [0.2, 0.25) is 0 Å². The van der Waals surface area contributed by atoms with Crippen molar-refractivity contribution >= 4 is 15.9 Å². The topological polar surface area (TPSA) is 32.3 Å². The molecule has 1 atom stereocenters. The number of rotatable bonds is 5. The Bertz CT molecular complexity index is 317. The second-order valence-electron chi connectivity index (χ2n) is 3.56. The van der Waals surface area contributed by atoms with Gasteiger partial charge in [-0.15, -0.1) is 0 Å². The zero-order valence-corrected chi connectivity index (χ0v) is 10.2. The van der Waals surface area contributed by atoms with Crippen molar-refractivity contribution in [3.63, 3.8) is 0 Å². The van der Waals surface area contributed by atoms with Gasteiger partial charge >= 0.3 is 0 Å². The van der Waals surface area contributed by atoms with Crippen molar-refractivity contribution in [3.05, 3.63) is 34.1 Å². The zero-order valence-electron chi connectivity index (χ0n) is 8.63. The fourth-order valence-corrected chi connectivity index (χ4v) is 1.44. The molecule has 0 radical (unpaired) electrons. The van der Waals surface area contributed by atoms with Gasteiger partial charge in [0.25, 0.3) is 0 Å². The first-order chi connectivity index (χ1) is 7.09. The van der Waals surface area contributed by atoms with Gasteiger partial charge in [-0.2, -0.15) is 0 Å². The lowest BCUT2D eigenvalue weighted by atomic mass is 10.2. The van der Waals surface area contributed by atoms with E-state index < -0.39 is 0 Å². The lowest BCUT2D eigenvalue weighted by Gasteiger charge is -2.07. The summed E-state index contributed by atoms with van der Waals surface area (Å²) in [6, 6.07) is 5.06. The molecule has 1 aromatic carbocycles. The Labute approximate surface area is 97.6 Å². The molecule has 0 aliphatic carbocycles. The molecular weight excluding hydrogens is 261 g/mol. The van der Waals surface area contributed by atoms with E-state index >= 15 is 0 Å². The number of halogens is 2. The van der Waals surface area contributed by atoms with E-state index in [-0.39, 0.29) is 11.9 Å². The molecule has 0 amide bonds. The number of benzene rings is 1. The van der Waals surface area contributed by atoms with Crippen LogP contribution in [0.4, 0.5) is 4.39 Å². The summed E-state index contributed by atoms with van der Waals surface area (Å²) in [5.74, 6) is -0.246. The van der Waals surface area contributed by atoms with Crippen LogP contribution < -0.4 is 5.32 Å². The van der Waals surface area contributed by atoms with Crippen LogP contribution in [0, 0.1) is 5.82 Å². The van der Waals surface area contributed by atoms with Crippen LogP contribution in [0.1, 0.15) is 18.9 Å². The van der Waals surface area contributed by atoms with Gasteiger partial charge in [0.05, 0.1) is 10.6 Å². The summed E-state index contributed by atoms with van der Waals surface area (Å²) in [6.07, 6.45) is 0.415. The van der Waals surface area contributed by atoms with Crippen LogP contribution in [-0.2, 0) is 6.54 Å². The minimum Gasteiger partial charge on any atom is -0.393 e. The summed E-state index contributed by atoms with van der Waals surface area (Å²) in [6.45, 7) is 3.10. The average Bonchev–Trinajstić information content (AvgIpc) is 2.18. The maximum absolute atomic E-state index is 13.1. The van der Waals surface area contributed by atoms with E-state index in [0.717, 1.165) is 12.1 Å². The van der Waals surface area contributed by atoms with Gasteiger partial charge in [-0.25, -0.2) is 4.39 Å². The SMILES string of the molecule is C[C@@H](O)CCNCc1ccc(Br)c(F)c1. The first-order valence-electron chi connectivity index (χ1n) is 4.92. The summed E-state index contributed by atoms with van der Waals surface area (Å²) in [4.78, 5) is 0. The van der Waals surface area contributed by atoms with Crippen molar-refractivity contribution in [1.82, 2.24) is 5.32 Å². The third-order valence-corrected chi connectivity index (χ3v) is 2.70. The molecule has 0 bridgehead atoms. The summed E-state index contributed by atoms with van der Waals surface area (Å²) < 4.78 is 13.6. The molecule has 15 heavy (non-hydrogen) atoms. The molecular formula is C11H15BrFNO. The quantitative estimate of drug-likeness (QED) is 0.810. The molecule has 0 unspecified atom stereocenters. The molecule has 0 aliphatic heterocycles. The zero-order chi connectivity index (χ0) is 11.3. The van der Waals surface area contributed by atoms with E-state index in [0.29, 0.717) is 17.4 Å². The van der Waals surface area contributed by atoms with Crippen LogP contribution in [0.5, 0.6) is 0 Å². The normalized spacial score (nSPS) is 12.8. The van der Waals surface area contributed by atoms with Crippen molar-refractivity contribution in [2.45, 2.75) is 26.0 Å². The van der Waals surface area contributed by atoms with Crippen LogP contribution in [0.3, 0.4) is 0 Å². The molecule has 0 heterocycles. The standard InChI is InChI=1S/C11H15BrFNO/c1-8(15)4-5-14-7-9-2-3-10(12)11(13)6-9/h2-3,6,8,14-15H,4-5,7H2,1H3/t8-/m1/s1. The lowest BCUT2D eigenvalue weighted by Crippen LogP contribution is -2.18. The Kier molecular flexibility index (Phi) is 5.22. The molecule has 0 fully saturated rings. The molecule has 0 saturated carbocycles. The van der Waals surface area contributed by atoms with Crippen molar-refractivity contribution in [2.75, 3.05) is 6.54 Å². The van der Waals surface area contributed by atoms with Crippen molar-refractivity contribution in [3.8, 4) is 0 Å².